The summed E-state index contributed by atoms with van der Waals surface area (Å²) < 4.78 is 17.5. The minimum atomic E-state index is -0.348. The summed E-state index contributed by atoms with van der Waals surface area (Å²) in [7, 11) is 0. The number of imidazole rings is 2. The zero-order chi connectivity index (χ0) is 20.1. The van der Waals surface area contributed by atoms with Crippen LogP contribution in [-0.2, 0) is 19.6 Å². The van der Waals surface area contributed by atoms with Crippen LogP contribution in [0.3, 0.4) is 0 Å². The van der Waals surface area contributed by atoms with E-state index in [0.717, 1.165) is 18.5 Å². The maximum absolute atomic E-state index is 13.9. The number of hydrogen-bond donors (Lipinski definition) is 2. The maximum atomic E-state index is 13.9. The Balaban J connectivity index is 1.62. The van der Waals surface area contributed by atoms with E-state index in [1.165, 1.54) is 12.1 Å². The molecule has 0 saturated heterocycles. The lowest BCUT2D eigenvalue weighted by Crippen LogP contribution is -2.18. The molecule has 3 aromatic heterocycles. The lowest BCUT2D eigenvalue weighted by Gasteiger charge is -2.12. The second-order valence-electron chi connectivity index (χ2n) is 6.68. The van der Waals surface area contributed by atoms with E-state index in [2.05, 4.69) is 20.3 Å². The molecule has 8 heteroatoms. The summed E-state index contributed by atoms with van der Waals surface area (Å²) in [5.41, 5.74) is 2.03. The fraction of sp³-hybridized carbons (Fsp3) is 0.190. The van der Waals surface area contributed by atoms with Crippen molar-refractivity contribution in [1.29, 1.82) is 0 Å². The Morgan fingerprint density at radius 2 is 2.03 bits per heavy atom. The van der Waals surface area contributed by atoms with Gasteiger partial charge in [-0.3, -0.25) is 14.5 Å². The smallest absolute Gasteiger partial charge is 0.327 e. The van der Waals surface area contributed by atoms with Crippen molar-refractivity contribution >= 4 is 5.82 Å². The Hall–Kier alpha value is -3.68. The summed E-state index contributed by atoms with van der Waals surface area (Å²) in [5.74, 6) is 0.214. The van der Waals surface area contributed by atoms with Crippen molar-refractivity contribution in [3.63, 3.8) is 0 Å². The Kier molecular flexibility index (Phi) is 5.51. The van der Waals surface area contributed by atoms with Crippen molar-refractivity contribution in [3.8, 4) is 11.3 Å². The minimum Gasteiger partial charge on any atom is -0.366 e. The molecule has 0 spiro atoms. The molecular formula is C21H21FN6O. The highest BCUT2D eigenvalue weighted by atomic mass is 19.1. The van der Waals surface area contributed by atoms with Gasteiger partial charge in [0.2, 0.25) is 0 Å². The molecule has 0 unspecified atom stereocenters. The molecule has 7 nitrogen and oxygen atoms in total. The van der Waals surface area contributed by atoms with Crippen molar-refractivity contribution in [2.75, 3.05) is 5.32 Å². The molecule has 148 valence electrons. The summed E-state index contributed by atoms with van der Waals surface area (Å²) in [6.07, 6.45) is 9.55. The molecule has 2 N–H and O–H groups in total. The number of aromatic nitrogens is 5. The van der Waals surface area contributed by atoms with Crippen LogP contribution < -0.4 is 11.0 Å². The highest BCUT2D eigenvalue weighted by Gasteiger charge is 2.16. The Morgan fingerprint density at radius 1 is 1.10 bits per heavy atom. The number of pyridine rings is 1. The van der Waals surface area contributed by atoms with Crippen molar-refractivity contribution in [2.24, 2.45) is 0 Å². The number of H-pyrrole nitrogens is 1. The Bertz CT molecular complexity index is 1120. The SMILES string of the molecule is O=c1[nH]c(NCc2cccnc2)c(-c2cccc(F)c2)n1CCCn1ccnc1. The van der Waals surface area contributed by atoms with Crippen LogP contribution in [0.1, 0.15) is 12.0 Å². The Morgan fingerprint density at radius 3 is 2.79 bits per heavy atom. The molecule has 0 bridgehead atoms. The molecule has 1 aromatic carbocycles. The lowest BCUT2D eigenvalue weighted by molar-refractivity contribution is 0.556. The number of hydrogen-bond acceptors (Lipinski definition) is 4. The standard InChI is InChI=1S/C21H21FN6O/c22-18-6-1-5-17(12-18)19-20(25-14-16-4-2-7-23-13-16)26-21(29)28(19)10-3-9-27-11-8-24-15-27/h1-2,4-8,11-13,15,25H,3,9-10,14H2,(H,26,29). The lowest BCUT2D eigenvalue weighted by atomic mass is 10.1. The monoisotopic (exact) mass is 392 g/mol. The molecule has 0 aliphatic rings. The predicted octanol–water partition coefficient (Wildman–Crippen LogP) is 3.28. The fourth-order valence-electron chi connectivity index (χ4n) is 3.27. The number of anilines is 1. The fourth-order valence-corrected chi connectivity index (χ4v) is 3.27. The molecule has 3 heterocycles. The molecule has 0 amide bonds. The van der Waals surface area contributed by atoms with Crippen LogP contribution in [0.5, 0.6) is 0 Å². The van der Waals surface area contributed by atoms with Crippen LogP contribution in [0, 0.1) is 5.82 Å². The second kappa shape index (κ2) is 8.55. The zero-order valence-corrected chi connectivity index (χ0v) is 15.8. The summed E-state index contributed by atoms with van der Waals surface area (Å²) in [6, 6.07) is 10.1. The third-order valence-corrected chi connectivity index (χ3v) is 4.63. The first-order valence-electron chi connectivity index (χ1n) is 9.38. The van der Waals surface area contributed by atoms with Crippen LogP contribution in [0.2, 0.25) is 0 Å². The van der Waals surface area contributed by atoms with E-state index in [1.807, 2.05) is 22.9 Å². The Labute approximate surface area is 166 Å². The van der Waals surface area contributed by atoms with E-state index in [1.54, 1.807) is 41.6 Å². The highest BCUT2D eigenvalue weighted by molar-refractivity contribution is 5.72. The van der Waals surface area contributed by atoms with Crippen LogP contribution in [0.4, 0.5) is 10.2 Å². The summed E-state index contributed by atoms with van der Waals surface area (Å²) in [6.45, 7) is 1.72. The molecule has 4 aromatic rings. The first kappa shape index (κ1) is 18.7. The minimum absolute atomic E-state index is 0.233. The van der Waals surface area contributed by atoms with Gasteiger partial charge in [0, 0.05) is 50.0 Å². The number of halogens is 1. The van der Waals surface area contributed by atoms with E-state index in [0.29, 0.717) is 30.2 Å². The van der Waals surface area contributed by atoms with Gasteiger partial charge in [0.25, 0.3) is 0 Å². The molecular weight excluding hydrogens is 371 g/mol. The highest BCUT2D eigenvalue weighted by Crippen LogP contribution is 2.27. The third-order valence-electron chi connectivity index (χ3n) is 4.63. The van der Waals surface area contributed by atoms with Crippen molar-refractivity contribution in [3.05, 3.63) is 89.4 Å². The quantitative estimate of drug-likeness (QED) is 0.482. The molecule has 0 aliphatic heterocycles. The molecule has 0 aliphatic carbocycles. The van der Waals surface area contributed by atoms with E-state index >= 15 is 0 Å². The maximum Gasteiger partial charge on any atom is 0.327 e. The topological polar surface area (TPSA) is 80.5 Å². The number of rotatable bonds is 8. The van der Waals surface area contributed by atoms with Crippen molar-refractivity contribution in [1.82, 2.24) is 24.1 Å². The van der Waals surface area contributed by atoms with Gasteiger partial charge in [-0.05, 0) is 30.2 Å². The molecule has 29 heavy (non-hydrogen) atoms. The van der Waals surface area contributed by atoms with Gasteiger partial charge in [-0.25, -0.2) is 14.2 Å². The van der Waals surface area contributed by atoms with Gasteiger partial charge in [-0.1, -0.05) is 18.2 Å². The van der Waals surface area contributed by atoms with Gasteiger partial charge in [0.05, 0.1) is 12.0 Å². The van der Waals surface area contributed by atoms with E-state index < -0.39 is 0 Å². The largest absolute Gasteiger partial charge is 0.366 e. The van der Waals surface area contributed by atoms with Gasteiger partial charge in [-0.2, -0.15) is 0 Å². The molecule has 0 saturated carbocycles. The normalized spacial score (nSPS) is 10.9. The molecule has 4 rings (SSSR count). The van der Waals surface area contributed by atoms with Crippen LogP contribution >= 0.6 is 0 Å². The third kappa shape index (κ3) is 4.43. The number of nitrogens with zero attached hydrogens (tertiary/aromatic N) is 4. The van der Waals surface area contributed by atoms with Gasteiger partial charge in [-0.15, -0.1) is 0 Å². The average Bonchev–Trinajstić information content (AvgIpc) is 3.35. The summed E-state index contributed by atoms with van der Waals surface area (Å²) in [5, 5.41) is 3.26. The molecule has 0 radical (unpaired) electrons. The van der Waals surface area contributed by atoms with Crippen LogP contribution in [0.25, 0.3) is 11.3 Å². The number of aryl methyl sites for hydroxylation is 1. The van der Waals surface area contributed by atoms with Crippen LogP contribution in [0.15, 0.2) is 72.3 Å². The van der Waals surface area contributed by atoms with Gasteiger partial charge in [0.1, 0.15) is 11.6 Å². The van der Waals surface area contributed by atoms with E-state index in [4.69, 9.17) is 0 Å². The van der Waals surface area contributed by atoms with Gasteiger partial charge >= 0.3 is 5.69 Å². The molecule has 0 fully saturated rings. The first-order chi connectivity index (χ1) is 14.2. The molecule has 0 atom stereocenters. The van der Waals surface area contributed by atoms with E-state index in [9.17, 15) is 9.18 Å². The predicted molar refractivity (Wildman–Crippen MR) is 109 cm³/mol. The zero-order valence-electron chi connectivity index (χ0n) is 15.8. The number of nitrogens with one attached hydrogen (secondary N) is 2. The first-order valence-corrected chi connectivity index (χ1v) is 9.38. The van der Waals surface area contributed by atoms with Crippen molar-refractivity contribution < 1.29 is 4.39 Å². The van der Waals surface area contributed by atoms with E-state index in [-0.39, 0.29) is 11.5 Å². The van der Waals surface area contributed by atoms with Gasteiger partial charge in [0.15, 0.2) is 0 Å². The average molecular weight is 392 g/mol. The summed E-state index contributed by atoms with van der Waals surface area (Å²) >= 11 is 0. The number of aromatic amines is 1. The van der Waals surface area contributed by atoms with Crippen LogP contribution in [-0.4, -0.2) is 24.1 Å². The number of benzene rings is 1. The van der Waals surface area contributed by atoms with Crippen molar-refractivity contribution in [2.45, 2.75) is 26.1 Å². The van der Waals surface area contributed by atoms with Gasteiger partial charge < -0.3 is 9.88 Å². The second-order valence-corrected chi connectivity index (χ2v) is 6.68. The summed E-state index contributed by atoms with van der Waals surface area (Å²) in [4.78, 5) is 23.7.